The first kappa shape index (κ1) is 11.3. The van der Waals surface area contributed by atoms with Crippen LogP contribution >= 0.6 is 0 Å². The third-order valence-electron chi connectivity index (χ3n) is 2.95. The van der Waals surface area contributed by atoms with Gasteiger partial charge in [0.2, 0.25) is 5.52 Å². The summed E-state index contributed by atoms with van der Waals surface area (Å²) in [6.07, 6.45) is 0. The number of nitrogens with zero attached hydrogens (tertiary/aromatic N) is 3. The third-order valence-corrected chi connectivity index (χ3v) is 2.95. The van der Waals surface area contributed by atoms with Crippen LogP contribution in [0.4, 0.5) is 5.69 Å². The Balaban J connectivity index is 2.26. The quantitative estimate of drug-likeness (QED) is 0.519. The average molecular weight is 255 g/mol. The Bertz CT molecular complexity index is 762. The van der Waals surface area contributed by atoms with Crippen LogP contribution in [0.5, 0.6) is 0 Å². The normalized spacial score (nSPS) is 10.8. The summed E-state index contributed by atoms with van der Waals surface area (Å²) in [5.41, 5.74) is 3.29. The van der Waals surface area contributed by atoms with Gasteiger partial charge in [-0.05, 0) is 28.9 Å². The van der Waals surface area contributed by atoms with Crippen molar-refractivity contribution in [2.24, 2.45) is 0 Å². The first-order chi connectivity index (χ1) is 9.16. The highest BCUT2D eigenvalue weighted by atomic mass is 16.6. The Morgan fingerprint density at radius 2 is 1.74 bits per heavy atom. The molecule has 0 aliphatic rings. The van der Waals surface area contributed by atoms with Crippen LogP contribution in [0.15, 0.2) is 41.0 Å². The second-order valence-electron chi connectivity index (χ2n) is 4.22. The monoisotopic (exact) mass is 255 g/mol. The van der Waals surface area contributed by atoms with Gasteiger partial charge in [0.15, 0.2) is 0 Å². The zero-order valence-corrected chi connectivity index (χ0v) is 10.0. The van der Waals surface area contributed by atoms with Crippen LogP contribution in [-0.4, -0.2) is 15.2 Å². The van der Waals surface area contributed by atoms with Gasteiger partial charge in [-0.15, -0.1) is 0 Å². The Kier molecular flexibility index (Phi) is 2.49. The molecule has 0 fully saturated rings. The molecule has 3 rings (SSSR count). The second kappa shape index (κ2) is 4.16. The predicted molar refractivity (Wildman–Crippen MR) is 68.6 cm³/mol. The van der Waals surface area contributed by atoms with Gasteiger partial charge in [0.1, 0.15) is 5.52 Å². The largest absolute Gasteiger partial charge is 0.300 e. The van der Waals surface area contributed by atoms with E-state index in [0.717, 1.165) is 16.7 Å². The van der Waals surface area contributed by atoms with Crippen LogP contribution in [0.1, 0.15) is 5.56 Å². The molecule has 6 nitrogen and oxygen atoms in total. The number of nitro benzene ring substituents is 1. The molecule has 1 heterocycles. The molecule has 6 heteroatoms. The molecule has 0 saturated heterocycles. The first-order valence-electron chi connectivity index (χ1n) is 5.63. The lowest BCUT2D eigenvalue weighted by Crippen LogP contribution is -1.90. The van der Waals surface area contributed by atoms with E-state index < -0.39 is 4.92 Å². The summed E-state index contributed by atoms with van der Waals surface area (Å²) in [6.45, 7) is 1.99. The molecule has 0 N–H and O–H groups in total. The number of fused-ring (bicyclic) bond motifs is 1. The third kappa shape index (κ3) is 1.83. The number of non-ortho nitro benzene ring substituents is 1. The Morgan fingerprint density at radius 3 is 2.42 bits per heavy atom. The number of benzene rings is 2. The van der Waals surface area contributed by atoms with Gasteiger partial charge in [-0.25, -0.2) is 4.63 Å². The minimum absolute atomic E-state index is 0.105. The van der Waals surface area contributed by atoms with Crippen molar-refractivity contribution in [3.63, 3.8) is 0 Å². The SMILES string of the molecule is Cc1ccc(-c2ccc([N+](=O)[O-])c3nonc23)cc1. The molecule has 0 amide bonds. The first-order valence-corrected chi connectivity index (χ1v) is 5.63. The smallest absolute Gasteiger partial charge is 0.258 e. The zero-order valence-electron chi connectivity index (χ0n) is 10.0. The molecule has 3 aromatic rings. The number of hydrogen-bond acceptors (Lipinski definition) is 5. The predicted octanol–water partition coefficient (Wildman–Crippen LogP) is 3.11. The van der Waals surface area contributed by atoms with Gasteiger partial charge in [-0.1, -0.05) is 29.8 Å². The average Bonchev–Trinajstić information content (AvgIpc) is 2.87. The molecule has 0 bridgehead atoms. The lowest BCUT2D eigenvalue weighted by Gasteiger charge is -2.02. The van der Waals surface area contributed by atoms with Gasteiger partial charge in [0.25, 0.3) is 0 Å². The Morgan fingerprint density at radius 1 is 1.05 bits per heavy atom. The number of aryl methyl sites for hydroxylation is 1. The van der Waals surface area contributed by atoms with Crippen LogP contribution < -0.4 is 0 Å². The van der Waals surface area contributed by atoms with Gasteiger partial charge in [-0.3, -0.25) is 10.1 Å². The van der Waals surface area contributed by atoms with E-state index in [4.69, 9.17) is 0 Å². The van der Waals surface area contributed by atoms with Gasteiger partial charge < -0.3 is 0 Å². The van der Waals surface area contributed by atoms with Gasteiger partial charge in [0, 0.05) is 11.6 Å². The number of nitro groups is 1. The molecule has 0 spiro atoms. The van der Waals surface area contributed by atoms with Gasteiger partial charge in [-0.2, -0.15) is 0 Å². The second-order valence-corrected chi connectivity index (χ2v) is 4.22. The Hall–Kier alpha value is -2.76. The van der Waals surface area contributed by atoms with Crippen molar-refractivity contribution in [1.82, 2.24) is 10.3 Å². The number of rotatable bonds is 2. The zero-order chi connectivity index (χ0) is 13.4. The fourth-order valence-electron chi connectivity index (χ4n) is 1.97. The van der Waals surface area contributed by atoms with E-state index in [9.17, 15) is 10.1 Å². The van der Waals surface area contributed by atoms with Crippen molar-refractivity contribution < 1.29 is 9.55 Å². The maximum absolute atomic E-state index is 10.9. The van der Waals surface area contributed by atoms with E-state index in [1.807, 2.05) is 31.2 Å². The highest BCUT2D eigenvalue weighted by Crippen LogP contribution is 2.32. The maximum Gasteiger partial charge on any atom is 0.300 e. The molecule has 0 saturated carbocycles. The molecule has 2 aromatic carbocycles. The van der Waals surface area contributed by atoms with Crippen molar-refractivity contribution in [1.29, 1.82) is 0 Å². The summed E-state index contributed by atoms with van der Waals surface area (Å²) in [6, 6.07) is 10.9. The van der Waals surface area contributed by atoms with Crippen molar-refractivity contribution >= 4 is 16.7 Å². The summed E-state index contributed by atoms with van der Waals surface area (Å²) in [5, 5.41) is 18.3. The van der Waals surface area contributed by atoms with E-state index >= 15 is 0 Å². The molecule has 0 radical (unpaired) electrons. The van der Waals surface area contributed by atoms with E-state index in [0.29, 0.717) is 5.52 Å². The number of aromatic nitrogens is 2. The lowest BCUT2D eigenvalue weighted by molar-refractivity contribution is -0.383. The van der Waals surface area contributed by atoms with Crippen molar-refractivity contribution in [2.75, 3.05) is 0 Å². The van der Waals surface area contributed by atoms with E-state index in [1.54, 1.807) is 6.07 Å². The van der Waals surface area contributed by atoms with Crippen LogP contribution in [0.2, 0.25) is 0 Å². The van der Waals surface area contributed by atoms with Crippen LogP contribution in [0.3, 0.4) is 0 Å². The van der Waals surface area contributed by atoms with Crippen LogP contribution in [0.25, 0.3) is 22.2 Å². The summed E-state index contributed by atoms with van der Waals surface area (Å²) in [7, 11) is 0. The summed E-state index contributed by atoms with van der Waals surface area (Å²) >= 11 is 0. The van der Waals surface area contributed by atoms with E-state index in [1.165, 1.54) is 6.07 Å². The topological polar surface area (TPSA) is 82.1 Å². The molecule has 0 aliphatic heterocycles. The van der Waals surface area contributed by atoms with E-state index in [2.05, 4.69) is 14.9 Å². The minimum Gasteiger partial charge on any atom is -0.258 e. The molecule has 19 heavy (non-hydrogen) atoms. The minimum atomic E-state index is -0.495. The lowest BCUT2D eigenvalue weighted by atomic mass is 10.0. The van der Waals surface area contributed by atoms with Crippen molar-refractivity contribution in [3.05, 3.63) is 52.1 Å². The molecule has 0 atom stereocenters. The van der Waals surface area contributed by atoms with Crippen LogP contribution in [0, 0.1) is 17.0 Å². The van der Waals surface area contributed by atoms with Crippen molar-refractivity contribution in [2.45, 2.75) is 6.92 Å². The molecule has 0 aliphatic carbocycles. The molecule has 1 aromatic heterocycles. The summed E-state index contributed by atoms with van der Waals surface area (Å²) in [5.74, 6) is 0. The molecule has 0 unspecified atom stereocenters. The maximum atomic E-state index is 10.9. The van der Waals surface area contributed by atoms with Gasteiger partial charge in [0.05, 0.1) is 4.92 Å². The standard InChI is InChI=1S/C13H9N3O3/c1-8-2-4-9(5-3-8)10-6-7-11(16(17)18)13-12(10)14-19-15-13/h2-7H,1H3. The molecular formula is C13H9N3O3. The highest BCUT2D eigenvalue weighted by Gasteiger charge is 2.19. The molecule has 94 valence electrons. The summed E-state index contributed by atoms with van der Waals surface area (Å²) in [4.78, 5) is 10.4. The summed E-state index contributed by atoms with van der Waals surface area (Å²) < 4.78 is 4.64. The highest BCUT2D eigenvalue weighted by molar-refractivity contribution is 5.96. The van der Waals surface area contributed by atoms with Gasteiger partial charge >= 0.3 is 5.69 Å². The van der Waals surface area contributed by atoms with E-state index in [-0.39, 0.29) is 11.2 Å². The van der Waals surface area contributed by atoms with Crippen LogP contribution in [-0.2, 0) is 0 Å². The fraction of sp³-hybridized carbons (Fsp3) is 0.0769. The van der Waals surface area contributed by atoms with Crippen molar-refractivity contribution in [3.8, 4) is 11.1 Å². The number of hydrogen-bond donors (Lipinski definition) is 0. The fourth-order valence-corrected chi connectivity index (χ4v) is 1.97. The Labute approximate surface area is 107 Å². The molecular weight excluding hydrogens is 246 g/mol.